The van der Waals surface area contributed by atoms with Gasteiger partial charge in [-0.05, 0) is 49.5 Å². The SMILES string of the molecule is CCN1CCN(c2ccc(CNCC3CC3)cc2)CC1. The lowest BCUT2D eigenvalue weighted by molar-refractivity contribution is 0.271. The van der Waals surface area contributed by atoms with Crippen LogP contribution in [0.4, 0.5) is 5.69 Å². The van der Waals surface area contributed by atoms with E-state index in [0.717, 1.165) is 25.6 Å². The maximum absolute atomic E-state index is 3.56. The summed E-state index contributed by atoms with van der Waals surface area (Å²) in [4.78, 5) is 5.03. The third-order valence-corrected chi connectivity index (χ3v) is 4.58. The lowest BCUT2D eigenvalue weighted by Gasteiger charge is -2.35. The molecule has 1 N–H and O–H groups in total. The van der Waals surface area contributed by atoms with E-state index in [1.165, 1.54) is 50.3 Å². The number of piperazine rings is 1. The molecule has 0 aromatic heterocycles. The minimum absolute atomic E-state index is 0.962. The van der Waals surface area contributed by atoms with Gasteiger partial charge >= 0.3 is 0 Å². The summed E-state index contributed by atoms with van der Waals surface area (Å²) >= 11 is 0. The first kappa shape index (κ1) is 13.9. The van der Waals surface area contributed by atoms with Crippen LogP contribution in [-0.4, -0.2) is 44.2 Å². The van der Waals surface area contributed by atoms with Gasteiger partial charge in [0, 0.05) is 38.4 Å². The Kier molecular flexibility index (Phi) is 4.58. The van der Waals surface area contributed by atoms with Gasteiger partial charge in [0.05, 0.1) is 0 Å². The molecule has 2 aliphatic rings. The summed E-state index contributed by atoms with van der Waals surface area (Å²) in [5.74, 6) is 0.962. The first-order valence-corrected chi connectivity index (χ1v) is 8.12. The Morgan fingerprint density at radius 1 is 1.05 bits per heavy atom. The maximum atomic E-state index is 3.56. The number of hydrogen-bond acceptors (Lipinski definition) is 3. The Labute approximate surface area is 123 Å². The predicted octanol–water partition coefficient (Wildman–Crippen LogP) is 2.33. The van der Waals surface area contributed by atoms with Gasteiger partial charge in [-0.3, -0.25) is 0 Å². The number of likely N-dealkylation sites (N-methyl/N-ethyl adjacent to an activating group) is 1. The van der Waals surface area contributed by atoms with E-state index in [-0.39, 0.29) is 0 Å². The van der Waals surface area contributed by atoms with E-state index in [2.05, 4.69) is 46.3 Å². The Morgan fingerprint density at radius 2 is 1.75 bits per heavy atom. The number of nitrogens with one attached hydrogen (secondary N) is 1. The minimum Gasteiger partial charge on any atom is -0.369 e. The molecule has 0 amide bonds. The molecule has 0 radical (unpaired) electrons. The zero-order chi connectivity index (χ0) is 13.8. The summed E-state index contributed by atoms with van der Waals surface area (Å²) in [5.41, 5.74) is 2.79. The second-order valence-corrected chi connectivity index (χ2v) is 6.16. The van der Waals surface area contributed by atoms with Gasteiger partial charge in [0.1, 0.15) is 0 Å². The van der Waals surface area contributed by atoms with Crippen molar-refractivity contribution >= 4 is 5.69 Å². The fourth-order valence-electron chi connectivity index (χ4n) is 2.89. The van der Waals surface area contributed by atoms with Crippen LogP contribution < -0.4 is 10.2 Å². The van der Waals surface area contributed by atoms with Gasteiger partial charge in [0.2, 0.25) is 0 Å². The third-order valence-electron chi connectivity index (χ3n) is 4.58. The normalized spacial score (nSPS) is 20.4. The molecule has 110 valence electrons. The number of rotatable bonds is 6. The number of hydrogen-bond donors (Lipinski definition) is 1. The van der Waals surface area contributed by atoms with Crippen LogP contribution in [0.15, 0.2) is 24.3 Å². The molecular formula is C17H27N3. The summed E-state index contributed by atoms with van der Waals surface area (Å²) in [6, 6.07) is 9.13. The zero-order valence-corrected chi connectivity index (χ0v) is 12.6. The smallest absolute Gasteiger partial charge is 0.0367 e. The van der Waals surface area contributed by atoms with Gasteiger partial charge in [-0.25, -0.2) is 0 Å². The van der Waals surface area contributed by atoms with Crippen LogP contribution in [-0.2, 0) is 6.54 Å². The van der Waals surface area contributed by atoms with Crippen molar-refractivity contribution in [2.45, 2.75) is 26.3 Å². The van der Waals surface area contributed by atoms with E-state index < -0.39 is 0 Å². The fourth-order valence-corrected chi connectivity index (χ4v) is 2.89. The Morgan fingerprint density at radius 3 is 2.35 bits per heavy atom. The van der Waals surface area contributed by atoms with E-state index in [4.69, 9.17) is 0 Å². The highest BCUT2D eigenvalue weighted by atomic mass is 15.3. The first-order valence-electron chi connectivity index (χ1n) is 8.12. The molecule has 0 unspecified atom stereocenters. The zero-order valence-electron chi connectivity index (χ0n) is 12.6. The summed E-state index contributed by atoms with van der Waals surface area (Å²) in [6.07, 6.45) is 2.85. The van der Waals surface area contributed by atoms with Crippen LogP contribution in [0.25, 0.3) is 0 Å². The molecule has 1 aromatic rings. The molecule has 0 bridgehead atoms. The third kappa shape index (κ3) is 3.74. The topological polar surface area (TPSA) is 18.5 Å². The number of nitrogens with zero attached hydrogens (tertiary/aromatic N) is 2. The molecule has 1 heterocycles. The standard InChI is InChI=1S/C17H27N3/c1-2-19-9-11-20(12-10-19)17-7-5-16(6-8-17)14-18-13-15-3-4-15/h5-8,15,18H,2-4,9-14H2,1H3. The summed E-state index contributed by atoms with van der Waals surface area (Å²) < 4.78 is 0. The van der Waals surface area contributed by atoms with Crippen LogP contribution in [0.5, 0.6) is 0 Å². The van der Waals surface area contributed by atoms with E-state index in [1.54, 1.807) is 0 Å². The molecule has 2 fully saturated rings. The molecular weight excluding hydrogens is 246 g/mol. The van der Waals surface area contributed by atoms with E-state index in [1.807, 2.05) is 0 Å². The number of anilines is 1. The van der Waals surface area contributed by atoms with Crippen LogP contribution in [0.2, 0.25) is 0 Å². The Balaban J connectivity index is 1.47. The Hall–Kier alpha value is -1.06. The molecule has 3 heteroatoms. The molecule has 1 saturated heterocycles. The largest absolute Gasteiger partial charge is 0.369 e. The molecule has 0 atom stereocenters. The van der Waals surface area contributed by atoms with Crippen molar-refractivity contribution in [1.29, 1.82) is 0 Å². The lowest BCUT2D eigenvalue weighted by Crippen LogP contribution is -2.46. The molecule has 0 spiro atoms. The average molecular weight is 273 g/mol. The van der Waals surface area contributed by atoms with Crippen molar-refractivity contribution < 1.29 is 0 Å². The van der Waals surface area contributed by atoms with Gasteiger partial charge < -0.3 is 15.1 Å². The van der Waals surface area contributed by atoms with E-state index in [9.17, 15) is 0 Å². The lowest BCUT2D eigenvalue weighted by atomic mass is 10.1. The maximum Gasteiger partial charge on any atom is 0.0367 e. The van der Waals surface area contributed by atoms with Crippen molar-refractivity contribution in [2.75, 3.05) is 44.2 Å². The van der Waals surface area contributed by atoms with Crippen LogP contribution in [0.1, 0.15) is 25.3 Å². The summed E-state index contributed by atoms with van der Waals surface area (Å²) in [5, 5.41) is 3.56. The minimum atomic E-state index is 0.962. The molecule has 1 aliphatic heterocycles. The van der Waals surface area contributed by atoms with E-state index in [0.29, 0.717) is 0 Å². The van der Waals surface area contributed by atoms with Crippen molar-refractivity contribution in [2.24, 2.45) is 5.92 Å². The van der Waals surface area contributed by atoms with Crippen molar-refractivity contribution in [3.05, 3.63) is 29.8 Å². The van der Waals surface area contributed by atoms with Crippen molar-refractivity contribution in [3.63, 3.8) is 0 Å². The molecule has 1 saturated carbocycles. The second-order valence-electron chi connectivity index (χ2n) is 6.16. The second kappa shape index (κ2) is 6.59. The van der Waals surface area contributed by atoms with Crippen LogP contribution in [0, 0.1) is 5.92 Å². The predicted molar refractivity (Wildman–Crippen MR) is 85.2 cm³/mol. The quantitative estimate of drug-likeness (QED) is 0.858. The first-order chi connectivity index (χ1) is 9.85. The van der Waals surface area contributed by atoms with E-state index >= 15 is 0 Å². The molecule has 3 nitrogen and oxygen atoms in total. The van der Waals surface area contributed by atoms with Gasteiger partial charge in [-0.2, -0.15) is 0 Å². The highest BCUT2D eigenvalue weighted by Crippen LogP contribution is 2.27. The van der Waals surface area contributed by atoms with Crippen LogP contribution >= 0.6 is 0 Å². The fraction of sp³-hybridized carbons (Fsp3) is 0.647. The molecule has 1 aromatic carbocycles. The molecule has 20 heavy (non-hydrogen) atoms. The van der Waals surface area contributed by atoms with Gasteiger partial charge in [-0.15, -0.1) is 0 Å². The summed E-state index contributed by atoms with van der Waals surface area (Å²) in [7, 11) is 0. The average Bonchev–Trinajstić information content (AvgIpc) is 3.32. The Bertz CT molecular complexity index is 403. The van der Waals surface area contributed by atoms with Gasteiger partial charge in [0.25, 0.3) is 0 Å². The van der Waals surface area contributed by atoms with Crippen LogP contribution in [0.3, 0.4) is 0 Å². The van der Waals surface area contributed by atoms with Gasteiger partial charge in [-0.1, -0.05) is 19.1 Å². The highest BCUT2D eigenvalue weighted by Gasteiger charge is 2.20. The monoisotopic (exact) mass is 273 g/mol. The highest BCUT2D eigenvalue weighted by molar-refractivity contribution is 5.48. The van der Waals surface area contributed by atoms with Crippen molar-refractivity contribution in [3.8, 4) is 0 Å². The molecule has 3 rings (SSSR count). The summed E-state index contributed by atoms with van der Waals surface area (Å²) in [6.45, 7) is 10.3. The van der Waals surface area contributed by atoms with Crippen molar-refractivity contribution in [1.82, 2.24) is 10.2 Å². The number of benzene rings is 1. The van der Waals surface area contributed by atoms with Gasteiger partial charge in [0.15, 0.2) is 0 Å². The molecule has 1 aliphatic carbocycles.